The maximum atomic E-state index is 12.0. The van der Waals surface area contributed by atoms with Gasteiger partial charge in [0.05, 0.1) is 17.9 Å². The van der Waals surface area contributed by atoms with Gasteiger partial charge in [-0.15, -0.1) is 0 Å². The van der Waals surface area contributed by atoms with Crippen LogP contribution in [0.4, 0.5) is 17.3 Å². The number of anilines is 3. The molecule has 1 aromatic heterocycles. The van der Waals surface area contributed by atoms with Gasteiger partial charge in [0.15, 0.2) is 0 Å². The summed E-state index contributed by atoms with van der Waals surface area (Å²) in [5, 5.41) is 6.33. The Morgan fingerprint density at radius 3 is 2.73 bits per heavy atom. The van der Waals surface area contributed by atoms with Gasteiger partial charge in [-0.3, -0.25) is 0 Å². The minimum atomic E-state index is -0.357. The first-order valence-corrected chi connectivity index (χ1v) is 7.33. The number of benzene rings is 1. The molecule has 0 amide bonds. The van der Waals surface area contributed by atoms with Crippen molar-refractivity contribution in [3.63, 3.8) is 0 Å². The number of ether oxygens (including phenoxy) is 1. The van der Waals surface area contributed by atoms with E-state index in [2.05, 4.69) is 27.5 Å². The summed E-state index contributed by atoms with van der Waals surface area (Å²) in [5.41, 5.74) is 1.13. The van der Waals surface area contributed by atoms with Gasteiger partial charge in [0.1, 0.15) is 18.0 Å². The Balaban J connectivity index is 2.18. The van der Waals surface area contributed by atoms with Gasteiger partial charge in [0.25, 0.3) is 0 Å². The van der Waals surface area contributed by atoms with Crippen LogP contribution in [0, 0.1) is 0 Å². The van der Waals surface area contributed by atoms with Crippen molar-refractivity contribution in [2.24, 2.45) is 0 Å². The van der Waals surface area contributed by atoms with E-state index in [0.717, 1.165) is 18.8 Å². The normalized spacial score (nSPS) is 10.1. The van der Waals surface area contributed by atoms with Crippen LogP contribution >= 0.6 is 0 Å². The topological polar surface area (TPSA) is 76.1 Å². The van der Waals surface area contributed by atoms with Crippen molar-refractivity contribution >= 4 is 23.3 Å². The van der Waals surface area contributed by atoms with Crippen molar-refractivity contribution in [3.8, 4) is 0 Å². The minimum Gasteiger partial charge on any atom is -0.462 e. The third-order valence-electron chi connectivity index (χ3n) is 2.91. The Morgan fingerprint density at radius 2 is 1.95 bits per heavy atom. The molecule has 6 nitrogen and oxygen atoms in total. The van der Waals surface area contributed by atoms with Gasteiger partial charge in [-0.2, -0.15) is 0 Å². The maximum Gasteiger partial charge on any atom is 0.340 e. The number of nitrogens with zero attached hydrogens (tertiary/aromatic N) is 2. The molecular weight excluding hydrogens is 280 g/mol. The lowest BCUT2D eigenvalue weighted by atomic mass is 10.2. The summed E-state index contributed by atoms with van der Waals surface area (Å²) in [7, 11) is 0. The molecule has 0 saturated heterocycles. The van der Waals surface area contributed by atoms with Crippen LogP contribution < -0.4 is 10.6 Å². The highest BCUT2D eigenvalue weighted by molar-refractivity contribution is 5.96. The summed E-state index contributed by atoms with van der Waals surface area (Å²) < 4.78 is 5.06. The molecule has 2 rings (SSSR count). The van der Waals surface area contributed by atoms with Gasteiger partial charge in [0.2, 0.25) is 0 Å². The van der Waals surface area contributed by atoms with Gasteiger partial charge in [-0.1, -0.05) is 19.1 Å². The van der Waals surface area contributed by atoms with Crippen molar-refractivity contribution in [1.29, 1.82) is 0 Å². The number of carbonyl (C=O) groups is 1. The van der Waals surface area contributed by atoms with E-state index in [4.69, 9.17) is 4.74 Å². The zero-order valence-electron chi connectivity index (χ0n) is 12.8. The molecular formula is C16H20N4O2. The number of esters is 1. The highest BCUT2D eigenvalue weighted by Crippen LogP contribution is 2.21. The molecule has 0 fully saturated rings. The molecule has 0 bridgehead atoms. The average Bonchev–Trinajstić information content (AvgIpc) is 2.54. The third-order valence-corrected chi connectivity index (χ3v) is 2.91. The zero-order chi connectivity index (χ0) is 15.8. The van der Waals surface area contributed by atoms with Crippen molar-refractivity contribution in [3.05, 3.63) is 42.2 Å². The first-order chi connectivity index (χ1) is 10.7. The van der Waals surface area contributed by atoms with Crippen LogP contribution in [0.2, 0.25) is 0 Å². The van der Waals surface area contributed by atoms with Crippen LogP contribution in [0.25, 0.3) is 0 Å². The van der Waals surface area contributed by atoms with Gasteiger partial charge in [-0.05, 0) is 25.5 Å². The van der Waals surface area contributed by atoms with E-state index in [9.17, 15) is 4.79 Å². The van der Waals surface area contributed by atoms with Gasteiger partial charge in [0, 0.05) is 12.6 Å². The number of aromatic nitrogens is 2. The molecule has 6 heteroatoms. The van der Waals surface area contributed by atoms with Crippen LogP contribution in [-0.2, 0) is 4.74 Å². The number of rotatable bonds is 7. The van der Waals surface area contributed by atoms with Crippen molar-refractivity contribution in [2.75, 3.05) is 23.8 Å². The van der Waals surface area contributed by atoms with E-state index >= 15 is 0 Å². The Labute approximate surface area is 129 Å². The van der Waals surface area contributed by atoms with Gasteiger partial charge in [-0.25, -0.2) is 14.8 Å². The number of para-hydroxylation sites is 1. The fourth-order valence-corrected chi connectivity index (χ4v) is 1.89. The lowest BCUT2D eigenvalue weighted by Crippen LogP contribution is -2.08. The Hall–Kier alpha value is -2.63. The van der Waals surface area contributed by atoms with E-state index in [1.54, 1.807) is 25.1 Å². The minimum absolute atomic E-state index is 0.339. The molecule has 116 valence electrons. The standard InChI is InChI=1S/C16H20N4O2/c1-3-9-17-14-10-15(19-11-18-14)20-13-8-6-5-7-12(13)16(21)22-4-2/h5-8,10-11H,3-4,9H2,1-2H3,(H2,17,18,19,20). The molecule has 0 radical (unpaired) electrons. The number of hydrogen-bond acceptors (Lipinski definition) is 6. The summed E-state index contributed by atoms with van der Waals surface area (Å²) in [5.74, 6) is 1.00. The second-order valence-corrected chi connectivity index (χ2v) is 4.61. The zero-order valence-corrected chi connectivity index (χ0v) is 12.8. The summed E-state index contributed by atoms with van der Waals surface area (Å²) in [6.07, 6.45) is 2.49. The van der Waals surface area contributed by atoms with E-state index in [1.807, 2.05) is 12.1 Å². The quantitative estimate of drug-likeness (QED) is 0.765. The van der Waals surface area contributed by atoms with Crippen LogP contribution in [0.3, 0.4) is 0 Å². The molecule has 0 saturated carbocycles. The predicted octanol–water partition coefficient (Wildman–Crippen LogP) is 3.22. The van der Waals surface area contributed by atoms with Crippen molar-refractivity contribution in [2.45, 2.75) is 20.3 Å². The fourth-order valence-electron chi connectivity index (χ4n) is 1.89. The molecule has 22 heavy (non-hydrogen) atoms. The second kappa shape index (κ2) is 7.97. The molecule has 2 N–H and O–H groups in total. The first kappa shape index (κ1) is 15.8. The summed E-state index contributed by atoms with van der Waals surface area (Å²) in [6.45, 7) is 5.05. The van der Waals surface area contributed by atoms with E-state index in [0.29, 0.717) is 23.7 Å². The van der Waals surface area contributed by atoms with E-state index < -0.39 is 0 Å². The summed E-state index contributed by atoms with van der Waals surface area (Å²) in [6, 6.07) is 8.98. The molecule has 0 atom stereocenters. The average molecular weight is 300 g/mol. The van der Waals surface area contributed by atoms with Crippen LogP contribution in [-0.4, -0.2) is 29.1 Å². The first-order valence-electron chi connectivity index (χ1n) is 7.33. The van der Waals surface area contributed by atoms with E-state index in [-0.39, 0.29) is 5.97 Å². The highest BCUT2D eigenvalue weighted by Gasteiger charge is 2.12. The Kier molecular flexibility index (Phi) is 5.71. The molecule has 0 spiro atoms. The molecule has 1 heterocycles. The molecule has 0 aliphatic rings. The summed E-state index contributed by atoms with van der Waals surface area (Å²) in [4.78, 5) is 20.3. The summed E-state index contributed by atoms with van der Waals surface area (Å²) >= 11 is 0. The molecule has 1 aromatic carbocycles. The molecule has 0 unspecified atom stereocenters. The molecule has 0 aliphatic carbocycles. The van der Waals surface area contributed by atoms with Gasteiger partial charge < -0.3 is 15.4 Å². The van der Waals surface area contributed by atoms with Gasteiger partial charge >= 0.3 is 5.97 Å². The maximum absolute atomic E-state index is 12.0. The van der Waals surface area contributed by atoms with E-state index in [1.165, 1.54) is 6.33 Å². The SMILES string of the molecule is CCCNc1cc(Nc2ccccc2C(=O)OCC)ncn1. The largest absolute Gasteiger partial charge is 0.462 e. The van der Waals surface area contributed by atoms with Crippen LogP contribution in [0.1, 0.15) is 30.6 Å². The smallest absolute Gasteiger partial charge is 0.340 e. The number of hydrogen-bond donors (Lipinski definition) is 2. The number of nitrogens with one attached hydrogen (secondary N) is 2. The third kappa shape index (κ3) is 4.18. The monoisotopic (exact) mass is 300 g/mol. The fraction of sp³-hybridized carbons (Fsp3) is 0.312. The molecule has 0 aliphatic heterocycles. The highest BCUT2D eigenvalue weighted by atomic mass is 16.5. The Bertz CT molecular complexity index is 631. The van der Waals surface area contributed by atoms with Crippen molar-refractivity contribution < 1.29 is 9.53 Å². The van der Waals surface area contributed by atoms with Crippen LogP contribution in [0.15, 0.2) is 36.7 Å². The lowest BCUT2D eigenvalue weighted by Gasteiger charge is -2.11. The molecule has 2 aromatic rings. The van der Waals surface area contributed by atoms with Crippen molar-refractivity contribution in [1.82, 2.24) is 9.97 Å². The lowest BCUT2D eigenvalue weighted by molar-refractivity contribution is 0.0527. The predicted molar refractivity (Wildman–Crippen MR) is 86.5 cm³/mol. The second-order valence-electron chi connectivity index (χ2n) is 4.61. The van der Waals surface area contributed by atoms with Crippen LogP contribution in [0.5, 0.6) is 0 Å². The number of carbonyl (C=O) groups excluding carboxylic acids is 1. The Morgan fingerprint density at radius 1 is 1.18 bits per heavy atom.